The van der Waals surface area contributed by atoms with Crippen LogP contribution < -0.4 is 5.73 Å². The van der Waals surface area contributed by atoms with Gasteiger partial charge < -0.3 is 15.4 Å². The molecule has 0 amide bonds. The Labute approximate surface area is 96.4 Å². The van der Waals surface area contributed by atoms with Gasteiger partial charge in [0.25, 0.3) is 0 Å². The number of hydrogen-bond acceptors (Lipinski definition) is 4. The van der Waals surface area contributed by atoms with Gasteiger partial charge in [0.15, 0.2) is 0 Å². The van der Waals surface area contributed by atoms with Crippen molar-refractivity contribution >= 4 is 0 Å². The van der Waals surface area contributed by atoms with Crippen molar-refractivity contribution in [2.45, 2.75) is 18.6 Å². The van der Waals surface area contributed by atoms with E-state index in [1.165, 1.54) is 0 Å². The van der Waals surface area contributed by atoms with Gasteiger partial charge in [0.2, 0.25) is 0 Å². The standard InChI is InChI=1S/C12H19N3O/c1-15-6-7-16-12(9-15)11(13)8-10-4-2-3-5-14-10/h2-5,11-12H,6-9,13H2,1H3. The molecule has 2 atom stereocenters. The summed E-state index contributed by atoms with van der Waals surface area (Å²) in [6, 6.07) is 5.94. The lowest BCUT2D eigenvalue weighted by Gasteiger charge is -2.33. The van der Waals surface area contributed by atoms with E-state index >= 15 is 0 Å². The van der Waals surface area contributed by atoms with Gasteiger partial charge >= 0.3 is 0 Å². The third-order valence-electron chi connectivity index (χ3n) is 2.95. The second-order valence-electron chi connectivity index (χ2n) is 4.36. The summed E-state index contributed by atoms with van der Waals surface area (Å²) >= 11 is 0. The SMILES string of the molecule is CN1CCOC(C(N)Cc2ccccn2)C1. The van der Waals surface area contributed by atoms with Gasteiger partial charge in [0, 0.05) is 37.4 Å². The second-order valence-corrected chi connectivity index (χ2v) is 4.36. The number of pyridine rings is 1. The van der Waals surface area contributed by atoms with E-state index in [1.54, 1.807) is 6.20 Å². The minimum absolute atomic E-state index is 0.0256. The lowest BCUT2D eigenvalue weighted by Crippen LogP contribution is -2.50. The monoisotopic (exact) mass is 221 g/mol. The van der Waals surface area contributed by atoms with Crippen molar-refractivity contribution in [3.63, 3.8) is 0 Å². The Hall–Kier alpha value is -0.970. The normalized spacial score (nSPS) is 24.2. The zero-order valence-electron chi connectivity index (χ0n) is 9.67. The van der Waals surface area contributed by atoms with Crippen LogP contribution in [0.25, 0.3) is 0 Å². The molecule has 2 unspecified atom stereocenters. The van der Waals surface area contributed by atoms with Gasteiger partial charge in [0.1, 0.15) is 0 Å². The maximum absolute atomic E-state index is 6.15. The molecule has 1 aliphatic rings. The zero-order chi connectivity index (χ0) is 11.4. The van der Waals surface area contributed by atoms with E-state index in [-0.39, 0.29) is 12.1 Å². The van der Waals surface area contributed by atoms with Gasteiger partial charge in [-0.05, 0) is 19.2 Å². The van der Waals surface area contributed by atoms with Crippen LogP contribution in [0.1, 0.15) is 5.69 Å². The fourth-order valence-corrected chi connectivity index (χ4v) is 1.96. The highest BCUT2D eigenvalue weighted by Crippen LogP contribution is 2.09. The molecule has 4 nitrogen and oxygen atoms in total. The molecule has 0 aliphatic carbocycles. The molecular formula is C12H19N3O. The van der Waals surface area contributed by atoms with E-state index in [2.05, 4.69) is 16.9 Å². The van der Waals surface area contributed by atoms with Crippen molar-refractivity contribution in [3.8, 4) is 0 Å². The van der Waals surface area contributed by atoms with Crippen LogP contribution >= 0.6 is 0 Å². The van der Waals surface area contributed by atoms with E-state index in [0.29, 0.717) is 0 Å². The number of rotatable bonds is 3. The van der Waals surface area contributed by atoms with E-state index in [1.807, 2.05) is 18.2 Å². The Bertz CT molecular complexity index is 317. The number of nitrogens with zero attached hydrogens (tertiary/aromatic N) is 2. The largest absolute Gasteiger partial charge is 0.374 e. The van der Waals surface area contributed by atoms with Crippen LogP contribution in [0.15, 0.2) is 24.4 Å². The molecule has 1 fully saturated rings. The first-order chi connectivity index (χ1) is 7.75. The number of ether oxygens (including phenoxy) is 1. The van der Waals surface area contributed by atoms with E-state index in [4.69, 9.17) is 10.5 Å². The quantitative estimate of drug-likeness (QED) is 0.796. The molecule has 0 spiro atoms. The van der Waals surface area contributed by atoms with Gasteiger partial charge in [-0.3, -0.25) is 4.98 Å². The summed E-state index contributed by atoms with van der Waals surface area (Å²) in [6.45, 7) is 2.68. The molecule has 0 saturated carbocycles. The van der Waals surface area contributed by atoms with Crippen molar-refractivity contribution in [2.24, 2.45) is 5.73 Å². The van der Waals surface area contributed by atoms with Crippen molar-refractivity contribution in [2.75, 3.05) is 26.7 Å². The number of likely N-dealkylation sites (N-methyl/N-ethyl adjacent to an activating group) is 1. The number of aromatic nitrogens is 1. The predicted molar refractivity (Wildman–Crippen MR) is 63.2 cm³/mol. The Kier molecular flexibility index (Phi) is 3.88. The van der Waals surface area contributed by atoms with E-state index in [9.17, 15) is 0 Å². The van der Waals surface area contributed by atoms with Crippen molar-refractivity contribution in [1.82, 2.24) is 9.88 Å². The summed E-state index contributed by atoms with van der Waals surface area (Å²) in [5, 5.41) is 0. The van der Waals surface area contributed by atoms with Crippen molar-refractivity contribution in [3.05, 3.63) is 30.1 Å². The average molecular weight is 221 g/mol. The highest BCUT2D eigenvalue weighted by Gasteiger charge is 2.24. The van der Waals surface area contributed by atoms with Crippen LogP contribution in [0, 0.1) is 0 Å². The maximum atomic E-state index is 6.15. The predicted octanol–water partition coefficient (Wildman–Crippen LogP) is 0.282. The average Bonchev–Trinajstić information content (AvgIpc) is 2.30. The highest BCUT2D eigenvalue weighted by molar-refractivity contribution is 5.06. The molecule has 2 heterocycles. The summed E-state index contributed by atoms with van der Waals surface area (Å²) < 4.78 is 5.69. The first-order valence-corrected chi connectivity index (χ1v) is 5.71. The zero-order valence-corrected chi connectivity index (χ0v) is 9.67. The molecule has 1 aromatic rings. The minimum atomic E-state index is 0.0256. The van der Waals surface area contributed by atoms with Gasteiger partial charge in [0.05, 0.1) is 12.7 Å². The van der Waals surface area contributed by atoms with E-state index in [0.717, 1.165) is 31.8 Å². The molecule has 1 saturated heterocycles. The number of morpholine rings is 1. The maximum Gasteiger partial charge on any atom is 0.0856 e. The lowest BCUT2D eigenvalue weighted by molar-refractivity contribution is -0.0320. The van der Waals surface area contributed by atoms with Crippen LogP contribution in [-0.4, -0.2) is 48.8 Å². The minimum Gasteiger partial charge on any atom is -0.374 e. The van der Waals surface area contributed by atoms with Crippen LogP contribution in [0.4, 0.5) is 0 Å². The summed E-state index contributed by atoms with van der Waals surface area (Å²) in [5.74, 6) is 0. The van der Waals surface area contributed by atoms with Gasteiger partial charge in [-0.15, -0.1) is 0 Å². The van der Waals surface area contributed by atoms with E-state index < -0.39 is 0 Å². The van der Waals surface area contributed by atoms with Crippen LogP contribution in [0.5, 0.6) is 0 Å². The van der Waals surface area contributed by atoms with Gasteiger partial charge in [-0.1, -0.05) is 6.07 Å². The molecule has 1 aromatic heterocycles. The number of nitrogens with two attached hydrogens (primary N) is 1. The first kappa shape index (κ1) is 11.5. The van der Waals surface area contributed by atoms with Crippen LogP contribution in [0.2, 0.25) is 0 Å². The topological polar surface area (TPSA) is 51.4 Å². The smallest absolute Gasteiger partial charge is 0.0856 e. The van der Waals surface area contributed by atoms with Crippen molar-refractivity contribution < 1.29 is 4.74 Å². The highest BCUT2D eigenvalue weighted by atomic mass is 16.5. The lowest BCUT2D eigenvalue weighted by atomic mass is 10.0. The molecule has 1 aliphatic heterocycles. The van der Waals surface area contributed by atoms with Crippen LogP contribution in [-0.2, 0) is 11.2 Å². The molecule has 4 heteroatoms. The summed E-state index contributed by atoms with van der Waals surface area (Å²) in [4.78, 5) is 6.54. The molecule has 88 valence electrons. The fourth-order valence-electron chi connectivity index (χ4n) is 1.96. The molecular weight excluding hydrogens is 202 g/mol. The molecule has 2 N–H and O–H groups in total. The third kappa shape index (κ3) is 3.01. The third-order valence-corrected chi connectivity index (χ3v) is 2.95. The Balaban J connectivity index is 1.90. The molecule has 2 rings (SSSR count). The fraction of sp³-hybridized carbons (Fsp3) is 0.583. The molecule has 0 bridgehead atoms. The Morgan fingerprint density at radius 1 is 1.62 bits per heavy atom. The Morgan fingerprint density at radius 2 is 2.50 bits per heavy atom. The van der Waals surface area contributed by atoms with Crippen molar-refractivity contribution in [1.29, 1.82) is 0 Å². The van der Waals surface area contributed by atoms with Crippen LogP contribution in [0.3, 0.4) is 0 Å². The molecule has 16 heavy (non-hydrogen) atoms. The summed E-state index contributed by atoms with van der Waals surface area (Å²) in [7, 11) is 2.10. The first-order valence-electron chi connectivity index (χ1n) is 5.71. The molecule has 0 radical (unpaired) electrons. The summed E-state index contributed by atoms with van der Waals surface area (Å²) in [5.41, 5.74) is 7.19. The summed E-state index contributed by atoms with van der Waals surface area (Å²) in [6.07, 6.45) is 2.70. The molecule has 0 aromatic carbocycles. The number of hydrogen-bond donors (Lipinski definition) is 1. The Morgan fingerprint density at radius 3 is 3.19 bits per heavy atom. The van der Waals surface area contributed by atoms with Gasteiger partial charge in [-0.2, -0.15) is 0 Å². The second kappa shape index (κ2) is 5.39. The van der Waals surface area contributed by atoms with Gasteiger partial charge in [-0.25, -0.2) is 0 Å².